The summed E-state index contributed by atoms with van der Waals surface area (Å²) in [5.74, 6) is 0.142. The molecule has 0 aliphatic carbocycles. The Morgan fingerprint density at radius 3 is 2.70 bits per heavy atom. The quantitative estimate of drug-likeness (QED) is 0.762. The van der Waals surface area contributed by atoms with Crippen molar-refractivity contribution in [2.24, 2.45) is 7.05 Å². The molecule has 6 heteroatoms. The molecular weight excluding hydrogens is 256 g/mol. The summed E-state index contributed by atoms with van der Waals surface area (Å²) >= 11 is 0. The van der Waals surface area contributed by atoms with Gasteiger partial charge in [-0.1, -0.05) is 24.3 Å². The van der Waals surface area contributed by atoms with Gasteiger partial charge in [0.1, 0.15) is 11.5 Å². The maximum atomic E-state index is 11.7. The summed E-state index contributed by atoms with van der Waals surface area (Å²) in [6, 6.07) is 8.06. The summed E-state index contributed by atoms with van der Waals surface area (Å²) in [6.07, 6.45) is 0.772. The van der Waals surface area contributed by atoms with Crippen molar-refractivity contribution in [1.29, 1.82) is 0 Å². The lowest BCUT2D eigenvalue weighted by Gasteiger charge is -2.11. The second kappa shape index (κ2) is 5.64. The van der Waals surface area contributed by atoms with Gasteiger partial charge in [-0.25, -0.2) is 4.79 Å². The molecule has 0 spiro atoms. The molecule has 0 unspecified atom stereocenters. The summed E-state index contributed by atoms with van der Waals surface area (Å²) in [6.45, 7) is 2.61. The molecule has 0 saturated carbocycles. The average Bonchev–Trinajstić information content (AvgIpc) is 2.42. The third kappa shape index (κ3) is 2.74. The molecule has 1 heterocycles. The molecule has 0 bridgehead atoms. The number of hydrogen-bond donors (Lipinski definition) is 3. The molecular formula is C14H18N4O2. The Hall–Kier alpha value is -2.50. The van der Waals surface area contributed by atoms with Gasteiger partial charge in [0.15, 0.2) is 0 Å². The van der Waals surface area contributed by atoms with E-state index in [1.165, 1.54) is 22.7 Å². The van der Waals surface area contributed by atoms with Crippen molar-refractivity contribution in [2.45, 2.75) is 13.3 Å². The van der Waals surface area contributed by atoms with E-state index in [1.807, 2.05) is 31.2 Å². The fourth-order valence-electron chi connectivity index (χ4n) is 2.02. The average molecular weight is 274 g/mol. The normalized spacial score (nSPS) is 10.5. The fraction of sp³-hybridized carbons (Fsp3) is 0.286. The number of aromatic amines is 1. The van der Waals surface area contributed by atoms with E-state index in [4.69, 9.17) is 5.73 Å². The predicted molar refractivity (Wildman–Crippen MR) is 80.1 cm³/mol. The number of nitrogen functional groups attached to an aromatic ring is 1. The van der Waals surface area contributed by atoms with Gasteiger partial charge in [0.05, 0.1) is 0 Å². The number of anilines is 2. The maximum absolute atomic E-state index is 11.7. The van der Waals surface area contributed by atoms with Crippen LogP contribution in [0.25, 0.3) is 0 Å². The molecule has 0 saturated heterocycles. The van der Waals surface area contributed by atoms with Crippen LogP contribution in [0.3, 0.4) is 0 Å². The second-order valence-corrected chi connectivity index (χ2v) is 4.68. The van der Waals surface area contributed by atoms with Crippen LogP contribution in [0.5, 0.6) is 0 Å². The zero-order valence-electron chi connectivity index (χ0n) is 11.6. The van der Waals surface area contributed by atoms with Crippen molar-refractivity contribution in [2.75, 3.05) is 17.6 Å². The predicted octanol–water partition coefficient (Wildman–Crippen LogP) is 0.619. The van der Waals surface area contributed by atoms with Gasteiger partial charge >= 0.3 is 5.69 Å². The van der Waals surface area contributed by atoms with E-state index < -0.39 is 11.2 Å². The first-order valence-corrected chi connectivity index (χ1v) is 6.38. The highest BCUT2D eigenvalue weighted by Gasteiger charge is 2.09. The third-order valence-corrected chi connectivity index (χ3v) is 3.33. The van der Waals surface area contributed by atoms with Crippen LogP contribution in [-0.4, -0.2) is 16.1 Å². The van der Waals surface area contributed by atoms with Gasteiger partial charge in [-0.2, -0.15) is 0 Å². The SMILES string of the molecule is Cc1ccccc1CCNc1c(N)n(C)c(=O)[nH]c1=O. The minimum atomic E-state index is -0.517. The minimum absolute atomic E-state index is 0.142. The Kier molecular flexibility index (Phi) is 3.93. The zero-order chi connectivity index (χ0) is 14.7. The molecule has 0 fully saturated rings. The summed E-state index contributed by atoms with van der Waals surface area (Å²) < 4.78 is 1.21. The maximum Gasteiger partial charge on any atom is 0.329 e. The monoisotopic (exact) mass is 274 g/mol. The minimum Gasteiger partial charge on any atom is -0.383 e. The summed E-state index contributed by atoms with van der Waals surface area (Å²) in [4.78, 5) is 25.3. The molecule has 2 rings (SSSR count). The van der Waals surface area contributed by atoms with Gasteiger partial charge in [-0.3, -0.25) is 14.3 Å². The van der Waals surface area contributed by atoms with Crippen molar-refractivity contribution in [3.05, 3.63) is 56.2 Å². The van der Waals surface area contributed by atoms with E-state index in [2.05, 4.69) is 10.3 Å². The Labute approximate surface area is 116 Å². The molecule has 0 aliphatic heterocycles. The summed E-state index contributed by atoms with van der Waals surface area (Å²) in [5, 5.41) is 3.00. The number of nitrogens with zero attached hydrogens (tertiary/aromatic N) is 1. The van der Waals surface area contributed by atoms with Crippen LogP contribution >= 0.6 is 0 Å². The van der Waals surface area contributed by atoms with Crippen molar-refractivity contribution in [1.82, 2.24) is 9.55 Å². The molecule has 0 radical (unpaired) electrons. The standard InChI is InChI=1S/C14H18N4O2/c1-9-5-3-4-6-10(9)7-8-16-11-12(15)18(2)14(20)17-13(11)19/h3-6,16H,7-8,15H2,1-2H3,(H,17,19,20). The van der Waals surface area contributed by atoms with Gasteiger partial charge in [0.25, 0.3) is 5.56 Å². The number of nitrogens with one attached hydrogen (secondary N) is 2. The van der Waals surface area contributed by atoms with E-state index in [9.17, 15) is 9.59 Å². The number of H-pyrrole nitrogens is 1. The number of aromatic nitrogens is 2. The molecule has 1 aromatic carbocycles. The van der Waals surface area contributed by atoms with Crippen LogP contribution in [0, 0.1) is 6.92 Å². The topological polar surface area (TPSA) is 92.9 Å². The van der Waals surface area contributed by atoms with Gasteiger partial charge in [-0.15, -0.1) is 0 Å². The van der Waals surface area contributed by atoms with Crippen LogP contribution in [-0.2, 0) is 13.5 Å². The lowest BCUT2D eigenvalue weighted by molar-refractivity contribution is 0.812. The lowest BCUT2D eigenvalue weighted by Crippen LogP contribution is -2.32. The van der Waals surface area contributed by atoms with Crippen molar-refractivity contribution < 1.29 is 0 Å². The molecule has 6 nitrogen and oxygen atoms in total. The third-order valence-electron chi connectivity index (χ3n) is 3.33. The van der Waals surface area contributed by atoms with Gasteiger partial charge in [-0.05, 0) is 24.5 Å². The van der Waals surface area contributed by atoms with E-state index in [0.717, 1.165) is 6.42 Å². The largest absolute Gasteiger partial charge is 0.383 e. The van der Waals surface area contributed by atoms with Crippen molar-refractivity contribution in [3.8, 4) is 0 Å². The first-order valence-electron chi connectivity index (χ1n) is 6.38. The molecule has 106 valence electrons. The summed E-state index contributed by atoms with van der Waals surface area (Å²) in [7, 11) is 1.51. The fourth-order valence-corrected chi connectivity index (χ4v) is 2.02. The van der Waals surface area contributed by atoms with Crippen LogP contribution < -0.4 is 22.3 Å². The van der Waals surface area contributed by atoms with Gasteiger partial charge < -0.3 is 11.1 Å². The number of nitrogens with two attached hydrogens (primary N) is 1. The Morgan fingerprint density at radius 2 is 2.00 bits per heavy atom. The highest BCUT2D eigenvalue weighted by atomic mass is 16.2. The van der Waals surface area contributed by atoms with Gasteiger partial charge in [0.2, 0.25) is 0 Å². The highest BCUT2D eigenvalue weighted by molar-refractivity contribution is 5.60. The zero-order valence-corrected chi connectivity index (χ0v) is 11.6. The molecule has 0 aliphatic rings. The Balaban J connectivity index is 2.13. The summed E-state index contributed by atoms with van der Waals surface area (Å²) in [5.41, 5.74) is 7.42. The number of hydrogen-bond acceptors (Lipinski definition) is 4. The number of aryl methyl sites for hydroxylation is 1. The highest BCUT2D eigenvalue weighted by Crippen LogP contribution is 2.10. The second-order valence-electron chi connectivity index (χ2n) is 4.68. The number of benzene rings is 1. The molecule has 20 heavy (non-hydrogen) atoms. The van der Waals surface area contributed by atoms with Crippen LogP contribution in [0.1, 0.15) is 11.1 Å². The van der Waals surface area contributed by atoms with Crippen LogP contribution in [0.15, 0.2) is 33.9 Å². The van der Waals surface area contributed by atoms with E-state index in [-0.39, 0.29) is 11.5 Å². The van der Waals surface area contributed by atoms with Crippen LogP contribution in [0.2, 0.25) is 0 Å². The Morgan fingerprint density at radius 1 is 1.30 bits per heavy atom. The Bertz CT molecular complexity index is 731. The van der Waals surface area contributed by atoms with E-state index in [1.54, 1.807) is 0 Å². The van der Waals surface area contributed by atoms with Crippen LogP contribution in [0.4, 0.5) is 11.5 Å². The first-order chi connectivity index (χ1) is 9.50. The first kappa shape index (κ1) is 13.9. The lowest BCUT2D eigenvalue weighted by atomic mass is 10.1. The molecule has 4 N–H and O–H groups in total. The smallest absolute Gasteiger partial charge is 0.329 e. The molecule has 1 aromatic heterocycles. The van der Waals surface area contributed by atoms with E-state index >= 15 is 0 Å². The van der Waals surface area contributed by atoms with Crippen molar-refractivity contribution in [3.63, 3.8) is 0 Å². The number of rotatable bonds is 4. The van der Waals surface area contributed by atoms with Crippen molar-refractivity contribution >= 4 is 11.5 Å². The van der Waals surface area contributed by atoms with E-state index in [0.29, 0.717) is 6.54 Å². The molecule has 0 amide bonds. The molecule has 2 aromatic rings. The van der Waals surface area contributed by atoms with Gasteiger partial charge in [0, 0.05) is 13.6 Å². The molecule has 0 atom stereocenters.